The van der Waals surface area contributed by atoms with Gasteiger partial charge in [-0.15, -0.1) is 0 Å². The average molecular weight is 400 g/mol. The van der Waals surface area contributed by atoms with Crippen molar-refractivity contribution in [2.75, 3.05) is 10.6 Å². The highest BCUT2D eigenvalue weighted by atomic mass is 19.4. The molecule has 1 atom stereocenters. The Labute approximate surface area is 163 Å². The van der Waals surface area contributed by atoms with E-state index in [0.717, 1.165) is 11.6 Å². The molecule has 6 nitrogen and oxygen atoms in total. The third kappa shape index (κ3) is 3.58. The average Bonchev–Trinajstić information content (AvgIpc) is 3.11. The van der Waals surface area contributed by atoms with Gasteiger partial charge in [-0.3, -0.25) is 9.59 Å². The van der Waals surface area contributed by atoms with Crippen molar-refractivity contribution in [1.29, 1.82) is 0 Å². The largest absolute Gasteiger partial charge is 0.418 e. The van der Waals surface area contributed by atoms with E-state index in [4.69, 9.17) is 0 Å². The van der Waals surface area contributed by atoms with Crippen molar-refractivity contribution in [2.24, 2.45) is 0 Å². The molecule has 0 unspecified atom stereocenters. The topological polar surface area (TPSA) is 76.0 Å². The van der Waals surface area contributed by atoms with Crippen LogP contribution in [0.5, 0.6) is 0 Å². The van der Waals surface area contributed by atoms with E-state index >= 15 is 0 Å². The number of alkyl halides is 3. The van der Waals surface area contributed by atoms with Gasteiger partial charge in [0.25, 0.3) is 0 Å². The van der Waals surface area contributed by atoms with Gasteiger partial charge in [-0.05, 0) is 17.7 Å². The number of fused-ring (bicyclic) bond motifs is 1. The maximum atomic E-state index is 13.2. The standard InChI is InChI=1S/C20H15F3N4O2/c21-20(22,23)14-8-4-5-9-15(14)25-19(29)16-10-17(28)26-18-13(11-24-27(16)18)12-6-2-1-3-7-12/h1-9,11,16H,10H2,(H,25,29)(H,26,28)/t16-/m1/s1. The van der Waals surface area contributed by atoms with Crippen LogP contribution in [-0.4, -0.2) is 21.6 Å². The normalized spacial score (nSPS) is 16.1. The third-order valence-corrected chi connectivity index (χ3v) is 4.61. The Hall–Kier alpha value is -3.62. The molecule has 0 bridgehead atoms. The number of anilines is 2. The first-order valence-corrected chi connectivity index (χ1v) is 8.74. The quantitative estimate of drug-likeness (QED) is 0.695. The summed E-state index contributed by atoms with van der Waals surface area (Å²) >= 11 is 0. The Morgan fingerprint density at radius 3 is 2.52 bits per heavy atom. The lowest BCUT2D eigenvalue weighted by atomic mass is 10.1. The maximum Gasteiger partial charge on any atom is 0.418 e. The Balaban J connectivity index is 1.67. The van der Waals surface area contributed by atoms with Crippen LogP contribution in [0.3, 0.4) is 0 Å². The van der Waals surface area contributed by atoms with Gasteiger partial charge in [-0.2, -0.15) is 18.3 Å². The number of rotatable bonds is 3. The fourth-order valence-electron chi connectivity index (χ4n) is 3.26. The minimum atomic E-state index is -4.62. The zero-order valence-corrected chi connectivity index (χ0v) is 14.9. The number of carbonyl (C=O) groups excluding carboxylic acids is 2. The number of hydrogen-bond donors (Lipinski definition) is 2. The zero-order valence-electron chi connectivity index (χ0n) is 14.9. The van der Waals surface area contributed by atoms with E-state index < -0.39 is 29.6 Å². The highest BCUT2D eigenvalue weighted by molar-refractivity contribution is 6.03. The number of amides is 2. The molecule has 9 heteroatoms. The summed E-state index contributed by atoms with van der Waals surface area (Å²) in [6, 6.07) is 12.8. The molecule has 0 spiro atoms. The van der Waals surface area contributed by atoms with Crippen LogP contribution in [0, 0.1) is 0 Å². The lowest BCUT2D eigenvalue weighted by Crippen LogP contribution is -2.36. The second kappa shape index (κ2) is 7.08. The lowest BCUT2D eigenvalue weighted by molar-refractivity contribution is -0.137. The first-order chi connectivity index (χ1) is 13.8. The Morgan fingerprint density at radius 1 is 1.10 bits per heavy atom. The van der Waals surface area contributed by atoms with Gasteiger partial charge in [0.15, 0.2) is 0 Å². The monoisotopic (exact) mass is 400 g/mol. The summed E-state index contributed by atoms with van der Waals surface area (Å²) in [4.78, 5) is 25.0. The molecule has 1 aliphatic heterocycles. The van der Waals surface area contributed by atoms with Crippen LogP contribution < -0.4 is 10.6 Å². The van der Waals surface area contributed by atoms with E-state index in [0.29, 0.717) is 11.4 Å². The molecule has 29 heavy (non-hydrogen) atoms. The van der Waals surface area contributed by atoms with E-state index in [9.17, 15) is 22.8 Å². The van der Waals surface area contributed by atoms with E-state index in [1.165, 1.54) is 29.1 Å². The fourth-order valence-corrected chi connectivity index (χ4v) is 3.26. The van der Waals surface area contributed by atoms with Crippen LogP contribution in [0.25, 0.3) is 11.1 Å². The van der Waals surface area contributed by atoms with Gasteiger partial charge < -0.3 is 10.6 Å². The third-order valence-electron chi connectivity index (χ3n) is 4.61. The molecule has 148 valence electrons. The highest BCUT2D eigenvalue weighted by Gasteiger charge is 2.36. The van der Waals surface area contributed by atoms with Crippen molar-refractivity contribution >= 4 is 23.3 Å². The predicted octanol–water partition coefficient (Wildman–Crippen LogP) is 4.09. The molecular formula is C20H15F3N4O2. The van der Waals surface area contributed by atoms with E-state index in [1.54, 1.807) is 0 Å². The predicted molar refractivity (Wildman–Crippen MR) is 100 cm³/mol. The van der Waals surface area contributed by atoms with Crippen LogP contribution in [0.2, 0.25) is 0 Å². The molecule has 2 amide bonds. The number of carbonyl (C=O) groups is 2. The minimum absolute atomic E-state index is 0.233. The number of benzene rings is 2. The Morgan fingerprint density at radius 2 is 1.79 bits per heavy atom. The molecule has 0 radical (unpaired) electrons. The van der Waals surface area contributed by atoms with Crippen molar-refractivity contribution < 1.29 is 22.8 Å². The lowest BCUT2D eigenvalue weighted by Gasteiger charge is -2.25. The van der Waals surface area contributed by atoms with Gasteiger partial charge in [0, 0.05) is 5.56 Å². The van der Waals surface area contributed by atoms with Crippen molar-refractivity contribution in [1.82, 2.24) is 9.78 Å². The van der Waals surface area contributed by atoms with Gasteiger partial charge in [-0.25, -0.2) is 4.68 Å². The van der Waals surface area contributed by atoms with Crippen LogP contribution in [0.1, 0.15) is 18.0 Å². The molecule has 1 aromatic heterocycles. The maximum absolute atomic E-state index is 13.2. The van der Waals surface area contributed by atoms with Crippen molar-refractivity contribution in [3.8, 4) is 11.1 Å². The fraction of sp³-hybridized carbons (Fsp3) is 0.150. The summed E-state index contributed by atoms with van der Waals surface area (Å²) in [7, 11) is 0. The molecule has 0 saturated carbocycles. The van der Waals surface area contributed by atoms with Crippen molar-refractivity contribution in [3.05, 3.63) is 66.4 Å². The number of halogens is 3. The molecule has 0 aliphatic carbocycles. The van der Waals surface area contributed by atoms with Gasteiger partial charge >= 0.3 is 6.18 Å². The summed E-state index contributed by atoms with van der Waals surface area (Å²) in [5.74, 6) is -0.836. The highest BCUT2D eigenvalue weighted by Crippen LogP contribution is 2.37. The van der Waals surface area contributed by atoms with Gasteiger partial charge in [0.2, 0.25) is 11.8 Å². The summed E-state index contributed by atoms with van der Waals surface area (Å²) in [5, 5.41) is 9.19. The molecule has 0 fully saturated rings. The van der Waals surface area contributed by atoms with Crippen molar-refractivity contribution in [3.63, 3.8) is 0 Å². The first kappa shape index (κ1) is 18.7. The van der Waals surface area contributed by atoms with Gasteiger partial charge in [0.05, 0.1) is 23.9 Å². The molecular weight excluding hydrogens is 385 g/mol. The minimum Gasteiger partial charge on any atom is -0.324 e. The summed E-state index contributed by atoms with van der Waals surface area (Å²) < 4.78 is 40.9. The van der Waals surface area contributed by atoms with E-state index in [2.05, 4.69) is 15.7 Å². The van der Waals surface area contributed by atoms with Crippen molar-refractivity contribution in [2.45, 2.75) is 18.6 Å². The smallest absolute Gasteiger partial charge is 0.324 e. The molecule has 2 heterocycles. The molecule has 2 N–H and O–H groups in total. The number of nitrogens with zero attached hydrogens (tertiary/aromatic N) is 2. The molecule has 1 aliphatic rings. The number of hydrogen-bond acceptors (Lipinski definition) is 3. The van der Waals surface area contributed by atoms with E-state index in [1.807, 2.05) is 30.3 Å². The second-order valence-electron chi connectivity index (χ2n) is 6.52. The van der Waals surface area contributed by atoms with E-state index in [-0.39, 0.29) is 12.1 Å². The molecule has 2 aromatic carbocycles. The van der Waals surface area contributed by atoms with Gasteiger partial charge in [-0.1, -0.05) is 42.5 Å². The van der Waals surface area contributed by atoms with Crippen LogP contribution >= 0.6 is 0 Å². The Kier molecular flexibility index (Phi) is 4.57. The number of para-hydroxylation sites is 1. The molecule has 0 saturated heterocycles. The zero-order chi connectivity index (χ0) is 20.6. The summed E-state index contributed by atoms with van der Waals surface area (Å²) in [6.07, 6.45) is -3.34. The van der Waals surface area contributed by atoms with Gasteiger partial charge in [0.1, 0.15) is 11.9 Å². The number of aromatic nitrogens is 2. The van der Waals surface area contributed by atoms with Crippen LogP contribution in [0.4, 0.5) is 24.7 Å². The summed E-state index contributed by atoms with van der Waals surface area (Å²) in [6.45, 7) is 0. The number of nitrogens with one attached hydrogen (secondary N) is 2. The van der Waals surface area contributed by atoms with Crippen LogP contribution in [-0.2, 0) is 15.8 Å². The summed E-state index contributed by atoms with van der Waals surface area (Å²) in [5.41, 5.74) is 0.0805. The Bertz CT molecular complexity index is 1080. The molecule has 4 rings (SSSR count). The second-order valence-corrected chi connectivity index (χ2v) is 6.52. The first-order valence-electron chi connectivity index (χ1n) is 8.74. The van der Waals surface area contributed by atoms with Crippen LogP contribution in [0.15, 0.2) is 60.8 Å². The molecule has 3 aromatic rings. The SMILES string of the molecule is O=C1C[C@H](C(=O)Nc2ccccc2C(F)(F)F)n2ncc(-c3ccccc3)c2N1.